The van der Waals surface area contributed by atoms with Crippen LogP contribution in [-0.4, -0.2) is 9.97 Å². The molecule has 4 rings (SSSR count). The molecule has 0 saturated carbocycles. The van der Waals surface area contributed by atoms with Crippen molar-refractivity contribution in [1.29, 1.82) is 0 Å². The Hall–Kier alpha value is -2.94. The van der Waals surface area contributed by atoms with E-state index in [0.717, 1.165) is 34.6 Å². The second-order valence-corrected chi connectivity index (χ2v) is 6.24. The molecule has 0 atom stereocenters. The van der Waals surface area contributed by atoms with Gasteiger partial charge in [0.1, 0.15) is 5.52 Å². The highest BCUT2D eigenvalue weighted by molar-refractivity contribution is 6.08. The lowest BCUT2D eigenvalue weighted by molar-refractivity contribution is 0.954. The number of rotatable bonds is 3. The number of fused-ring (bicyclic) bond motifs is 3. The summed E-state index contributed by atoms with van der Waals surface area (Å²) in [4.78, 5) is 9.02. The predicted octanol–water partition coefficient (Wildman–Crippen LogP) is 4.46. The van der Waals surface area contributed by atoms with Crippen molar-refractivity contribution in [2.24, 2.45) is 0 Å². The van der Waals surface area contributed by atoms with Crippen LogP contribution in [0.3, 0.4) is 0 Å². The highest BCUT2D eigenvalue weighted by Crippen LogP contribution is 2.27. The number of aromatic nitrogens is 2. The fourth-order valence-electron chi connectivity index (χ4n) is 3.08. The fraction of sp³-hybridized carbons (Fsp3) is 0.143. The van der Waals surface area contributed by atoms with Gasteiger partial charge in [0.05, 0.1) is 5.52 Å². The second-order valence-electron chi connectivity index (χ2n) is 6.24. The smallest absolute Gasteiger partial charge is 0.150 e. The first kappa shape index (κ1) is 14.6. The Morgan fingerprint density at radius 3 is 2.46 bits per heavy atom. The summed E-state index contributed by atoms with van der Waals surface area (Å²) in [6, 6.07) is 19.0. The summed E-state index contributed by atoms with van der Waals surface area (Å²) < 4.78 is 0. The number of nitrogens with zero attached hydrogens (tertiary/aromatic N) is 2. The summed E-state index contributed by atoms with van der Waals surface area (Å²) in [5.74, 6) is 0.494. The van der Waals surface area contributed by atoms with E-state index in [9.17, 15) is 0 Å². The van der Waals surface area contributed by atoms with E-state index in [-0.39, 0.29) is 0 Å². The molecule has 2 aromatic heterocycles. The quantitative estimate of drug-likeness (QED) is 0.568. The van der Waals surface area contributed by atoms with Gasteiger partial charge in [-0.3, -0.25) is 4.98 Å². The van der Waals surface area contributed by atoms with E-state index in [1.165, 1.54) is 16.7 Å². The van der Waals surface area contributed by atoms with Gasteiger partial charge in [-0.25, -0.2) is 4.98 Å². The Morgan fingerprint density at radius 1 is 0.875 bits per heavy atom. The Bertz CT molecular complexity index is 1020. The molecule has 0 aliphatic rings. The zero-order valence-electron chi connectivity index (χ0n) is 13.7. The van der Waals surface area contributed by atoms with Crippen molar-refractivity contribution in [2.45, 2.75) is 19.8 Å². The van der Waals surface area contributed by atoms with Gasteiger partial charge in [0.25, 0.3) is 0 Å². The molecule has 24 heavy (non-hydrogen) atoms. The van der Waals surface area contributed by atoms with Gasteiger partial charge in [-0.05, 0) is 43.0 Å². The number of hydrogen-bond donors (Lipinski definition) is 1. The molecule has 0 saturated heterocycles. The number of hydrogen-bond acceptors (Lipinski definition) is 3. The minimum absolute atomic E-state index is 0.494. The van der Waals surface area contributed by atoms with E-state index in [2.05, 4.69) is 53.3 Å². The first-order chi connectivity index (χ1) is 11.7. The van der Waals surface area contributed by atoms with Crippen molar-refractivity contribution in [1.82, 2.24) is 9.97 Å². The highest BCUT2D eigenvalue weighted by atomic mass is 14.9. The highest BCUT2D eigenvalue weighted by Gasteiger charge is 2.08. The molecule has 118 valence electrons. The van der Waals surface area contributed by atoms with Crippen LogP contribution in [0.2, 0.25) is 0 Å². The van der Waals surface area contributed by atoms with Gasteiger partial charge < -0.3 is 5.73 Å². The summed E-state index contributed by atoms with van der Waals surface area (Å²) in [6.45, 7) is 2.11. The molecule has 3 nitrogen and oxygen atoms in total. The van der Waals surface area contributed by atoms with Gasteiger partial charge in [0.15, 0.2) is 5.82 Å². The van der Waals surface area contributed by atoms with E-state index in [4.69, 9.17) is 5.73 Å². The third-order valence-electron chi connectivity index (χ3n) is 4.45. The maximum absolute atomic E-state index is 6.08. The Morgan fingerprint density at radius 2 is 1.62 bits per heavy atom. The van der Waals surface area contributed by atoms with Crippen LogP contribution in [0, 0.1) is 6.92 Å². The van der Waals surface area contributed by atoms with Crippen molar-refractivity contribution in [3.05, 3.63) is 77.5 Å². The zero-order chi connectivity index (χ0) is 16.5. The summed E-state index contributed by atoms with van der Waals surface area (Å²) in [5.41, 5.74) is 11.6. The molecule has 0 spiro atoms. The van der Waals surface area contributed by atoms with E-state index in [1.54, 1.807) is 0 Å². The largest absolute Gasteiger partial charge is 0.382 e. The zero-order valence-corrected chi connectivity index (χ0v) is 13.7. The number of anilines is 1. The van der Waals surface area contributed by atoms with Crippen molar-refractivity contribution in [2.75, 3.05) is 5.73 Å². The molecule has 2 aromatic carbocycles. The van der Waals surface area contributed by atoms with Crippen LogP contribution in [0.1, 0.15) is 16.7 Å². The molecular formula is C21H19N3. The fourth-order valence-corrected chi connectivity index (χ4v) is 3.08. The van der Waals surface area contributed by atoms with Gasteiger partial charge >= 0.3 is 0 Å². The number of aryl methyl sites for hydroxylation is 3. The minimum Gasteiger partial charge on any atom is -0.382 e. The summed E-state index contributed by atoms with van der Waals surface area (Å²) in [7, 11) is 0. The topological polar surface area (TPSA) is 51.8 Å². The third-order valence-corrected chi connectivity index (χ3v) is 4.45. The van der Waals surface area contributed by atoms with E-state index in [1.807, 2.05) is 24.4 Å². The van der Waals surface area contributed by atoms with Gasteiger partial charge in [-0.1, -0.05) is 48.0 Å². The monoisotopic (exact) mass is 313 g/mol. The van der Waals surface area contributed by atoms with Crippen LogP contribution >= 0.6 is 0 Å². The van der Waals surface area contributed by atoms with Crippen LogP contribution in [0.15, 0.2) is 60.8 Å². The molecular weight excluding hydrogens is 294 g/mol. The van der Waals surface area contributed by atoms with Crippen molar-refractivity contribution >= 4 is 27.6 Å². The van der Waals surface area contributed by atoms with Crippen molar-refractivity contribution in [3.8, 4) is 0 Å². The minimum atomic E-state index is 0.494. The van der Waals surface area contributed by atoms with E-state index >= 15 is 0 Å². The summed E-state index contributed by atoms with van der Waals surface area (Å²) in [6.07, 6.45) is 3.89. The van der Waals surface area contributed by atoms with Gasteiger partial charge in [0, 0.05) is 17.0 Å². The van der Waals surface area contributed by atoms with Crippen LogP contribution in [0.4, 0.5) is 5.82 Å². The Labute approximate surface area is 141 Å². The SMILES string of the molecule is Cc1ccc(CCc2cnc3c(N)nc4ccccc4c3c2)cc1. The van der Waals surface area contributed by atoms with Crippen LogP contribution in [0.25, 0.3) is 21.8 Å². The molecule has 0 aliphatic heterocycles. The van der Waals surface area contributed by atoms with Crippen molar-refractivity contribution < 1.29 is 0 Å². The van der Waals surface area contributed by atoms with Crippen LogP contribution < -0.4 is 5.73 Å². The Kier molecular flexibility index (Phi) is 3.62. The average molecular weight is 313 g/mol. The maximum atomic E-state index is 6.08. The molecule has 0 amide bonds. The molecule has 0 radical (unpaired) electrons. The molecule has 3 heteroatoms. The normalized spacial score (nSPS) is 11.2. The number of nitrogens with two attached hydrogens (primary N) is 1. The molecule has 0 aliphatic carbocycles. The molecule has 0 bridgehead atoms. The molecule has 4 aromatic rings. The summed E-state index contributed by atoms with van der Waals surface area (Å²) in [5, 5.41) is 2.19. The number of para-hydroxylation sites is 1. The molecule has 0 unspecified atom stereocenters. The van der Waals surface area contributed by atoms with Crippen molar-refractivity contribution in [3.63, 3.8) is 0 Å². The molecule has 2 heterocycles. The number of pyridine rings is 2. The maximum Gasteiger partial charge on any atom is 0.150 e. The third kappa shape index (κ3) is 2.69. The van der Waals surface area contributed by atoms with Gasteiger partial charge in [-0.15, -0.1) is 0 Å². The lowest BCUT2D eigenvalue weighted by Crippen LogP contribution is -1.98. The molecule has 0 fully saturated rings. The predicted molar refractivity (Wildman–Crippen MR) is 100 cm³/mol. The lowest BCUT2D eigenvalue weighted by Gasteiger charge is -2.08. The second kappa shape index (κ2) is 5.93. The van der Waals surface area contributed by atoms with E-state index < -0.39 is 0 Å². The summed E-state index contributed by atoms with van der Waals surface area (Å²) >= 11 is 0. The number of nitrogen functional groups attached to an aromatic ring is 1. The first-order valence-electron chi connectivity index (χ1n) is 8.19. The lowest BCUT2D eigenvalue weighted by atomic mass is 10.0. The first-order valence-corrected chi connectivity index (χ1v) is 8.19. The van der Waals surface area contributed by atoms with Gasteiger partial charge in [-0.2, -0.15) is 0 Å². The Balaban J connectivity index is 1.72. The number of benzene rings is 2. The standard InChI is InChI=1S/C21H19N3/c1-14-6-8-15(9-7-14)10-11-16-12-18-17-4-2-3-5-19(17)24-21(22)20(18)23-13-16/h2-9,12-13H,10-11H2,1H3,(H2,22,24). The molecule has 2 N–H and O–H groups in total. The van der Waals surface area contributed by atoms with E-state index in [0.29, 0.717) is 5.82 Å². The van der Waals surface area contributed by atoms with Crippen LogP contribution in [0.5, 0.6) is 0 Å². The van der Waals surface area contributed by atoms with Gasteiger partial charge in [0.2, 0.25) is 0 Å². The van der Waals surface area contributed by atoms with Crippen LogP contribution in [-0.2, 0) is 12.8 Å². The average Bonchev–Trinajstić information content (AvgIpc) is 2.61.